The molecule has 184 valence electrons. The maximum Gasteiger partial charge on any atom is 0.257 e. The van der Waals surface area contributed by atoms with Crippen LogP contribution < -0.4 is 10.1 Å². The summed E-state index contributed by atoms with van der Waals surface area (Å²) in [7, 11) is 3.46. The molecule has 1 aliphatic rings. The third kappa shape index (κ3) is 6.55. The van der Waals surface area contributed by atoms with Crippen molar-refractivity contribution < 1.29 is 19.1 Å². The fourth-order valence-electron chi connectivity index (χ4n) is 4.12. The number of aromatic nitrogens is 1. The van der Waals surface area contributed by atoms with Crippen LogP contribution in [0.15, 0.2) is 42.7 Å². The molecule has 2 aromatic rings. The molecule has 1 aliphatic heterocycles. The third-order valence-electron chi connectivity index (χ3n) is 6.31. The highest BCUT2D eigenvalue weighted by Crippen LogP contribution is 2.27. The predicted molar refractivity (Wildman–Crippen MR) is 132 cm³/mol. The minimum absolute atomic E-state index is 0.0905. The Bertz CT molecular complexity index is 969. The lowest BCUT2D eigenvalue weighted by atomic mass is 10.0. The molecule has 8 heteroatoms. The number of nitrogens with zero attached hydrogens (tertiary/aromatic N) is 3. The second kappa shape index (κ2) is 11.9. The number of carbonyl (C=O) groups is 2. The summed E-state index contributed by atoms with van der Waals surface area (Å²) in [5.41, 5.74) is 2.18. The van der Waals surface area contributed by atoms with Crippen LogP contribution in [0.3, 0.4) is 0 Å². The maximum atomic E-state index is 13.4. The first-order valence-electron chi connectivity index (χ1n) is 11.8. The molecule has 3 atom stereocenters. The first kappa shape index (κ1) is 25.6. The summed E-state index contributed by atoms with van der Waals surface area (Å²) in [4.78, 5) is 33.4. The van der Waals surface area contributed by atoms with Crippen molar-refractivity contribution >= 4 is 17.5 Å². The Hall–Kier alpha value is -2.97. The highest BCUT2D eigenvalue weighted by Gasteiger charge is 2.28. The van der Waals surface area contributed by atoms with E-state index in [0.29, 0.717) is 36.6 Å². The van der Waals surface area contributed by atoms with Gasteiger partial charge in [0, 0.05) is 64.3 Å². The number of hydrogen-bond acceptors (Lipinski definition) is 6. The number of fused-ring (bicyclic) bond motifs is 1. The molecule has 2 heterocycles. The van der Waals surface area contributed by atoms with Gasteiger partial charge in [-0.05, 0) is 48.7 Å². The number of hydrogen-bond donors (Lipinski definition) is 1. The quantitative estimate of drug-likeness (QED) is 0.724. The number of pyridine rings is 1. The van der Waals surface area contributed by atoms with E-state index in [1.165, 1.54) is 5.56 Å². The number of carbonyl (C=O) groups excluding carboxylic acids is 2. The largest absolute Gasteiger partial charge is 0.491 e. The van der Waals surface area contributed by atoms with Crippen LogP contribution in [0.1, 0.15) is 43.1 Å². The van der Waals surface area contributed by atoms with Crippen LogP contribution in [-0.4, -0.2) is 72.6 Å². The zero-order chi connectivity index (χ0) is 24.7. The summed E-state index contributed by atoms with van der Waals surface area (Å²) in [6.07, 6.45) is 3.84. The van der Waals surface area contributed by atoms with Gasteiger partial charge in [-0.25, -0.2) is 0 Å². The molecule has 0 spiro atoms. The smallest absolute Gasteiger partial charge is 0.257 e. The number of benzene rings is 1. The van der Waals surface area contributed by atoms with Gasteiger partial charge in [-0.3, -0.25) is 19.5 Å². The normalized spacial score (nSPS) is 22.2. The first-order valence-corrected chi connectivity index (χ1v) is 11.8. The second-order valence-corrected chi connectivity index (χ2v) is 8.99. The predicted octanol–water partition coefficient (Wildman–Crippen LogP) is 3.44. The van der Waals surface area contributed by atoms with Gasteiger partial charge in [-0.1, -0.05) is 13.8 Å². The van der Waals surface area contributed by atoms with E-state index in [0.717, 1.165) is 13.1 Å². The molecule has 1 aromatic carbocycles. The summed E-state index contributed by atoms with van der Waals surface area (Å²) in [5, 5.41) is 2.83. The lowest BCUT2D eigenvalue weighted by Crippen LogP contribution is -2.46. The van der Waals surface area contributed by atoms with Gasteiger partial charge in [0.15, 0.2) is 0 Å². The van der Waals surface area contributed by atoms with Crippen molar-refractivity contribution in [3.8, 4) is 5.75 Å². The molecule has 0 unspecified atom stereocenters. The highest BCUT2D eigenvalue weighted by atomic mass is 16.5. The van der Waals surface area contributed by atoms with E-state index in [4.69, 9.17) is 9.47 Å². The van der Waals surface area contributed by atoms with Crippen LogP contribution in [0.25, 0.3) is 0 Å². The van der Waals surface area contributed by atoms with E-state index in [2.05, 4.69) is 29.0 Å². The third-order valence-corrected chi connectivity index (χ3v) is 6.31. The molecule has 1 N–H and O–H groups in total. The van der Waals surface area contributed by atoms with Crippen molar-refractivity contribution in [1.82, 2.24) is 14.8 Å². The van der Waals surface area contributed by atoms with E-state index < -0.39 is 0 Å². The summed E-state index contributed by atoms with van der Waals surface area (Å²) < 4.78 is 12.0. The number of amides is 2. The molecule has 1 aromatic heterocycles. The Morgan fingerprint density at radius 1 is 1.21 bits per heavy atom. The van der Waals surface area contributed by atoms with Crippen LogP contribution in [0.4, 0.5) is 5.69 Å². The summed E-state index contributed by atoms with van der Waals surface area (Å²) >= 11 is 0. The molecule has 0 aliphatic carbocycles. The fourth-order valence-corrected chi connectivity index (χ4v) is 4.12. The molecule has 2 amide bonds. The van der Waals surface area contributed by atoms with Crippen molar-refractivity contribution in [2.75, 3.05) is 39.2 Å². The van der Waals surface area contributed by atoms with Crippen molar-refractivity contribution in [3.05, 3.63) is 53.9 Å². The van der Waals surface area contributed by atoms with Crippen molar-refractivity contribution in [3.63, 3.8) is 0 Å². The highest BCUT2D eigenvalue weighted by molar-refractivity contribution is 5.99. The van der Waals surface area contributed by atoms with E-state index in [-0.39, 0.29) is 29.9 Å². The molecule has 0 fully saturated rings. The zero-order valence-corrected chi connectivity index (χ0v) is 20.8. The molecule has 34 heavy (non-hydrogen) atoms. The topological polar surface area (TPSA) is 84.0 Å². The minimum Gasteiger partial charge on any atom is -0.491 e. The number of likely N-dealkylation sites (N-methyl/N-ethyl adjacent to an activating group) is 1. The molecular weight excluding hydrogens is 432 g/mol. The van der Waals surface area contributed by atoms with Crippen LogP contribution in [0.5, 0.6) is 5.75 Å². The molecule has 0 saturated carbocycles. The number of nitrogens with one attached hydrogen (secondary N) is 1. The van der Waals surface area contributed by atoms with Crippen molar-refractivity contribution in [1.29, 1.82) is 0 Å². The van der Waals surface area contributed by atoms with Crippen LogP contribution in [-0.2, 0) is 16.1 Å². The van der Waals surface area contributed by atoms with Gasteiger partial charge in [0.2, 0.25) is 5.91 Å². The molecular formula is C26H36N4O4. The summed E-state index contributed by atoms with van der Waals surface area (Å²) in [5.74, 6) is 0.408. The van der Waals surface area contributed by atoms with Crippen LogP contribution in [0.2, 0.25) is 0 Å². The zero-order valence-electron chi connectivity index (χ0n) is 20.8. The average Bonchev–Trinajstić information content (AvgIpc) is 2.85. The number of methoxy groups -OCH3 is 1. The molecule has 0 saturated heterocycles. The Morgan fingerprint density at radius 2 is 1.94 bits per heavy atom. The molecule has 3 rings (SSSR count). The van der Waals surface area contributed by atoms with Gasteiger partial charge < -0.3 is 19.7 Å². The Labute approximate surface area is 202 Å². The minimum atomic E-state index is -0.168. The average molecular weight is 469 g/mol. The monoisotopic (exact) mass is 468 g/mol. The standard InChI is InChI=1S/C26H36N4O4/c1-6-25(31)28-21-7-8-23-22(13-21)26(32)29(4)16-24(33-5)18(2)14-30(19(3)17-34-23)15-20-9-11-27-12-10-20/h7-13,18-19,24H,6,14-17H2,1-5H3,(H,28,31)/t18-,19-,24-/m1/s1. The van der Waals surface area contributed by atoms with Crippen molar-refractivity contribution in [2.24, 2.45) is 5.92 Å². The summed E-state index contributed by atoms with van der Waals surface area (Å²) in [6.45, 7) is 8.48. The summed E-state index contributed by atoms with van der Waals surface area (Å²) in [6, 6.07) is 9.36. The van der Waals surface area contributed by atoms with Gasteiger partial charge in [-0.2, -0.15) is 0 Å². The van der Waals surface area contributed by atoms with E-state index in [9.17, 15) is 9.59 Å². The molecule has 0 bridgehead atoms. The van der Waals surface area contributed by atoms with Gasteiger partial charge in [0.1, 0.15) is 12.4 Å². The van der Waals surface area contributed by atoms with Crippen LogP contribution >= 0.6 is 0 Å². The second-order valence-electron chi connectivity index (χ2n) is 8.99. The van der Waals surface area contributed by atoms with E-state index >= 15 is 0 Å². The van der Waals surface area contributed by atoms with Gasteiger partial charge in [-0.15, -0.1) is 0 Å². The Balaban J connectivity index is 1.93. The van der Waals surface area contributed by atoms with E-state index in [1.54, 1.807) is 56.6 Å². The van der Waals surface area contributed by atoms with E-state index in [1.807, 2.05) is 12.1 Å². The molecule has 8 nitrogen and oxygen atoms in total. The Kier molecular flexibility index (Phi) is 9.01. The van der Waals surface area contributed by atoms with Crippen LogP contribution in [0, 0.1) is 5.92 Å². The SMILES string of the molecule is CCC(=O)Nc1ccc2c(c1)C(=O)N(C)C[C@@H](OC)[C@H](C)CN(Cc1ccncc1)[C@H](C)CO2. The lowest BCUT2D eigenvalue weighted by Gasteiger charge is -2.36. The Morgan fingerprint density at radius 3 is 2.62 bits per heavy atom. The molecule has 0 radical (unpaired) electrons. The fraction of sp³-hybridized carbons (Fsp3) is 0.500. The van der Waals surface area contributed by atoms with Gasteiger partial charge in [0.25, 0.3) is 5.91 Å². The number of ether oxygens (including phenoxy) is 2. The van der Waals surface area contributed by atoms with Crippen molar-refractivity contribution in [2.45, 2.75) is 45.9 Å². The van der Waals surface area contributed by atoms with Gasteiger partial charge >= 0.3 is 0 Å². The lowest BCUT2D eigenvalue weighted by molar-refractivity contribution is -0.115. The number of rotatable bonds is 5. The van der Waals surface area contributed by atoms with Gasteiger partial charge in [0.05, 0.1) is 11.7 Å². The number of anilines is 1. The first-order chi connectivity index (χ1) is 16.3. The maximum absolute atomic E-state index is 13.4.